The van der Waals surface area contributed by atoms with Crippen molar-refractivity contribution in [2.75, 3.05) is 19.0 Å². The van der Waals surface area contributed by atoms with Crippen LogP contribution >= 0.6 is 0 Å². The average Bonchev–Trinajstić information content (AvgIpc) is 2.59. The summed E-state index contributed by atoms with van der Waals surface area (Å²) in [5.74, 6) is 1.28. The van der Waals surface area contributed by atoms with Gasteiger partial charge in [0, 0.05) is 12.2 Å². The highest BCUT2D eigenvalue weighted by molar-refractivity contribution is 5.92. The molecule has 4 nitrogen and oxygen atoms in total. The number of ether oxygens (including phenoxy) is 1. The molecule has 3 N–H and O–H groups in total. The second-order valence-electron chi connectivity index (χ2n) is 5.42. The Bertz CT molecular complexity index is 594. The number of nitrogens with one attached hydrogen (secondary N) is 1. The summed E-state index contributed by atoms with van der Waals surface area (Å²) >= 11 is 0. The van der Waals surface area contributed by atoms with Gasteiger partial charge in [-0.1, -0.05) is 36.8 Å². The summed E-state index contributed by atoms with van der Waals surface area (Å²) in [6, 6.07) is 18.2. The minimum atomic E-state index is 0.457. The van der Waals surface area contributed by atoms with Crippen molar-refractivity contribution in [1.82, 2.24) is 0 Å². The molecule has 122 valence electrons. The molecule has 0 heterocycles. The van der Waals surface area contributed by atoms with Gasteiger partial charge in [-0.3, -0.25) is 4.99 Å². The van der Waals surface area contributed by atoms with Gasteiger partial charge in [0.1, 0.15) is 5.75 Å². The van der Waals surface area contributed by atoms with Gasteiger partial charge in [0.2, 0.25) is 0 Å². The highest BCUT2D eigenvalue weighted by Crippen LogP contribution is 2.14. The fourth-order valence-corrected chi connectivity index (χ4v) is 2.32. The van der Waals surface area contributed by atoms with Crippen molar-refractivity contribution in [3.05, 3.63) is 60.2 Å². The van der Waals surface area contributed by atoms with E-state index in [9.17, 15) is 0 Å². The van der Waals surface area contributed by atoms with Gasteiger partial charge in [-0.15, -0.1) is 0 Å². The van der Waals surface area contributed by atoms with Crippen molar-refractivity contribution in [1.29, 1.82) is 0 Å². The number of benzene rings is 2. The molecule has 0 unspecified atom stereocenters. The van der Waals surface area contributed by atoms with Crippen LogP contribution in [-0.4, -0.2) is 19.6 Å². The molecule has 0 spiro atoms. The Labute approximate surface area is 138 Å². The van der Waals surface area contributed by atoms with Gasteiger partial charge in [-0.2, -0.15) is 0 Å². The number of rotatable bonds is 8. The van der Waals surface area contributed by atoms with Crippen LogP contribution in [0.25, 0.3) is 0 Å². The average molecular weight is 311 g/mol. The molecule has 4 heteroatoms. The zero-order valence-electron chi connectivity index (χ0n) is 13.7. The van der Waals surface area contributed by atoms with Crippen LogP contribution < -0.4 is 15.8 Å². The van der Waals surface area contributed by atoms with E-state index in [2.05, 4.69) is 40.6 Å². The number of nitrogens with two attached hydrogens (primary N) is 1. The van der Waals surface area contributed by atoms with Crippen molar-refractivity contribution >= 4 is 11.6 Å². The van der Waals surface area contributed by atoms with Gasteiger partial charge in [-0.05, 0) is 49.1 Å². The molecule has 0 aromatic heterocycles. The molecule has 0 aliphatic rings. The van der Waals surface area contributed by atoms with E-state index >= 15 is 0 Å². The Kier molecular flexibility index (Phi) is 6.98. The number of hydrogen-bond donors (Lipinski definition) is 2. The summed E-state index contributed by atoms with van der Waals surface area (Å²) in [5, 5.41) is 3.08. The second kappa shape index (κ2) is 9.51. The maximum atomic E-state index is 5.89. The van der Waals surface area contributed by atoms with Crippen LogP contribution in [0.4, 0.5) is 5.69 Å². The highest BCUT2D eigenvalue weighted by Gasteiger charge is 1.96. The van der Waals surface area contributed by atoms with E-state index in [4.69, 9.17) is 10.5 Å². The van der Waals surface area contributed by atoms with Crippen LogP contribution in [0, 0.1) is 0 Å². The van der Waals surface area contributed by atoms with E-state index in [-0.39, 0.29) is 0 Å². The van der Waals surface area contributed by atoms with Gasteiger partial charge < -0.3 is 15.8 Å². The Morgan fingerprint density at radius 2 is 1.74 bits per heavy atom. The normalized spacial score (nSPS) is 11.3. The molecule has 0 fully saturated rings. The Balaban J connectivity index is 1.62. The van der Waals surface area contributed by atoms with Crippen LogP contribution in [0.5, 0.6) is 5.75 Å². The largest absolute Gasteiger partial charge is 0.497 e. The van der Waals surface area contributed by atoms with Gasteiger partial charge in [-0.25, -0.2) is 0 Å². The molecule has 2 rings (SSSR count). The molecule has 0 bridgehead atoms. The molecule has 0 aliphatic carbocycles. The SMILES string of the molecule is COc1ccc(NC(N)=NCCCCCc2ccccc2)cc1. The maximum Gasteiger partial charge on any atom is 0.193 e. The summed E-state index contributed by atoms with van der Waals surface area (Å²) in [6.45, 7) is 0.754. The number of anilines is 1. The van der Waals surface area contributed by atoms with E-state index < -0.39 is 0 Å². The van der Waals surface area contributed by atoms with Gasteiger partial charge in [0.25, 0.3) is 0 Å². The lowest BCUT2D eigenvalue weighted by atomic mass is 10.1. The number of nitrogens with zero attached hydrogens (tertiary/aromatic N) is 1. The van der Waals surface area contributed by atoms with Gasteiger partial charge >= 0.3 is 0 Å². The number of unbranched alkanes of at least 4 members (excludes halogenated alkanes) is 2. The van der Waals surface area contributed by atoms with Crippen LogP contribution in [0.15, 0.2) is 59.6 Å². The van der Waals surface area contributed by atoms with Crippen molar-refractivity contribution in [2.24, 2.45) is 10.7 Å². The molecular formula is C19H25N3O. The maximum absolute atomic E-state index is 5.89. The number of aryl methyl sites for hydroxylation is 1. The zero-order valence-corrected chi connectivity index (χ0v) is 13.7. The summed E-state index contributed by atoms with van der Waals surface area (Å²) in [7, 11) is 1.65. The van der Waals surface area contributed by atoms with Crippen molar-refractivity contribution < 1.29 is 4.74 Å². The molecule has 0 amide bonds. The zero-order chi connectivity index (χ0) is 16.3. The third kappa shape index (κ3) is 6.43. The van der Waals surface area contributed by atoms with Gasteiger partial charge in [0.05, 0.1) is 7.11 Å². The number of guanidine groups is 1. The predicted octanol–water partition coefficient (Wildman–Crippen LogP) is 3.83. The molecule has 0 radical (unpaired) electrons. The minimum Gasteiger partial charge on any atom is -0.497 e. The quantitative estimate of drug-likeness (QED) is 0.442. The minimum absolute atomic E-state index is 0.457. The lowest BCUT2D eigenvalue weighted by Crippen LogP contribution is -2.22. The molecule has 2 aromatic carbocycles. The third-order valence-corrected chi connectivity index (χ3v) is 3.61. The first-order chi connectivity index (χ1) is 11.3. The number of aliphatic imine (C=N–C) groups is 1. The highest BCUT2D eigenvalue weighted by atomic mass is 16.5. The molecule has 0 saturated heterocycles. The summed E-state index contributed by atoms with van der Waals surface area (Å²) in [6.07, 6.45) is 4.53. The van der Waals surface area contributed by atoms with Crippen LogP contribution in [-0.2, 0) is 6.42 Å². The van der Waals surface area contributed by atoms with Crippen molar-refractivity contribution in [3.8, 4) is 5.75 Å². The third-order valence-electron chi connectivity index (χ3n) is 3.61. The molecule has 0 atom stereocenters. The number of hydrogen-bond acceptors (Lipinski definition) is 2. The fourth-order valence-electron chi connectivity index (χ4n) is 2.32. The standard InChI is InChI=1S/C19H25N3O/c1-23-18-13-11-17(12-14-18)22-19(20)21-15-7-3-6-10-16-8-4-2-5-9-16/h2,4-5,8-9,11-14H,3,6-7,10,15H2,1H3,(H3,20,21,22). The number of methoxy groups -OCH3 is 1. The monoisotopic (exact) mass is 311 g/mol. The van der Waals surface area contributed by atoms with Crippen molar-refractivity contribution in [2.45, 2.75) is 25.7 Å². The summed E-state index contributed by atoms with van der Waals surface area (Å²) < 4.78 is 5.12. The Morgan fingerprint density at radius 3 is 2.43 bits per heavy atom. The lowest BCUT2D eigenvalue weighted by Gasteiger charge is -2.06. The molecule has 2 aromatic rings. The molecule has 0 saturated carbocycles. The lowest BCUT2D eigenvalue weighted by molar-refractivity contribution is 0.415. The van der Waals surface area contributed by atoms with Crippen molar-refractivity contribution in [3.63, 3.8) is 0 Å². The predicted molar refractivity (Wildman–Crippen MR) is 97.1 cm³/mol. The second-order valence-corrected chi connectivity index (χ2v) is 5.42. The Hall–Kier alpha value is -2.49. The molecular weight excluding hydrogens is 286 g/mol. The van der Waals surface area contributed by atoms with Crippen LogP contribution in [0.2, 0.25) is 0 Å². The fraction of sp³-hybridized carbons (Fsp3) is 0.316. The van der Waals surface area contributed by atoms with E-state index in [1.54, 1.807) is 7.11 Å². The van der Waals surface area contributed by atoms with E-state index in [1.165, 1.54) is 12.0 Å². The van der Waals surface area contributed by atoms with E-state index in [0.29, 0.717) is 5.96 Å². The first-order valence-corrected chi connectivity index (χ1v) is 8.03. The van der Waals surface area contributed by atoms with E-state index in [0.717, 1.165) is 37.2 Å². The van der Waals surface area contributed by atoms with E-state index in [1.807, 2.05) is 24.3 Å². The molecule has 23 heavy (non-hydrogen) atoms. The topological polar surface area (TPSA) is 59.6 Å². The first kappa shape index (κ1) is 16.9. The van der Waals surface area contributed by atoms with Crippen LogP contribution in [0.1, 0.15) is 24.8 Å². The Morgan fingerprint density at radius 1 is 1.00 bits per heavy atom. The summed E-state index contributed by atoms with van der Waals surface area (Å²) in [5.41, 5.74) is 8.20. The smallest absolute Gasteiger partial charge is 0.193 e. The molecule has 0 aliphatic heterocycles. The van der Waals surface area contributed by atoms with Gasteiger partial charge in [0.15, 0.2) is 5.96 Å². The summed E-state index contributed by atoms with van der Waals surface area (Å²) in [4.78, 5) is 4.36. The first-order valence-electron chi connectivity index (χ1n) is 8.03. The van der Waals surface area contributed by atoms with Crippen LogP contribution in [0.3, 0.4) is 0 Å².